The van der Waals surface area contributed by atoms with E-state index in [2.05, 4.69) is 24.1 Å². The lowest BCUT2D eigenvalue weighted by Gasteiger charge is -2.31. The lowest BCUT2D eigenvalue weighted by Crippen LogP contribution is -2.43. The number of likely N-dealkylation sites (N-methyl/N-ethyl adjacent to an activating group) is 1. The Balaban J connectivity index is 0.00000312. The zero-order chi connectivity index (χ0) is 17.4. The third-order valence-electron chi connectivity index (χ3n) is 4.85. The van der Waals surface area contributed by atoms with Gasteiger partial charge in [-0.15, -0.1) is 24.8 Å². The van der Waals surface area contributed by atoms with E-state index in [9.17, 15) is 4.79 Å². The quantitative estimate of drug-likeness (QED) is 0.721. The normalized spacial score (nSPS) is 14.3. The molecule has 1 heterocycles. The number of piperidine rings is 1. The van der Waals surface area contributed by atoms with Crippen molar-refractivity contribution in [3.8, 4) is 5.75 Å². The molecule has 0 aliphatic carbocycles. The van der Waals surface area contributed by atoms with Gasteiger partial charge in [0.2, 0.25) is 0 Å². The van der Waals surface area contributed by atoms with Crippen molar-refractivity contribution in [1.29, 1.82) is 0 Å². The van der Waals surface area contributed by atoms with Crippen LogP contribution in [-0.2, 0) is 0 Å². The lowest BCUT2D eigenvalue weighted by molar-refractivity contribution is 0.0703. The van der Waals surface area contributed by atoms with E-state index in [0.717, 1.165) is 56.9 Å². The zero-order valence-corrected chi connectivity index (χ0v) is 17.7. The number of carbonyl (C=O) groups is 1. The van der Waals surface area contributed by atoms with Crippen LogP contribution in [0.2, 0.25) is 0 Å². The van der Waals surface area contributed by atoms with Gasteiger partial charge in [-0.25, -0.2) is 0 Å². The van der Waals surface area contributed by atoms with Crippen LogP contribution < -0.4 is 10.1 Å². The van der Waals surface area contributed by atoms with Gasteiger partial charge in [0.25, 0.3) is 5.91 Å². The maximum absolute atomic E-state index is 12.6. The molecular formula is C19H33Cl2N3O2. The van der Waals surface area contributed by atoms with E-state index in [0.29, 0.717) is 12.6 Å². The lowest BCUT2D eigenvalue weighted by atomic mass is 10.0. The SMILES string of the molecule is CCN(CC)CCOc1ccc(C(=O)N(C)C2CCNCC2)cc1.Cl.Cl. The summed E-state index contributed by atoms with van der Waals surface area (Å²) in [4.78, 5) is 16.8. The summed E-state index contributed by atoms with van der Waals surface area (Å²) in [5, 5.41) is 3.33. The van der Waals surface area contributed by atoms with Crippen LogP contribution in [0, 0.1) is 0 Å². The molecule has 1 saturated heterocycles. The average molecular weight is 406 g/mol. The number of halogens is 2. The topological polar surface area (TPSA) is 44.8 Å². The largest absolute Gasteiger partial charge is 0.492 e. The van der Waals surface area contributed by atoms with Gasteiger partial charge in [0.15, 0.2) is 0 Å². The first-order valence-electron chi connectivity index (χ1n) is 9.08. The van der Waals surface area contributed by atoms with E-state index in [1.165, 1.54) is 0 Å². The smallest absolute Gasteiger partial charge is 0.253 e. The molecule has 7 heteroatoms. The fourth-order valence-electron chi connectivity index (χ4n) is 3.09. The second kappa shape index (κ2) is 13.2. The Labute approximate surface area is 170 Å². The number of hydrogen-bond donors (Lipinski definition) is 1. The Bertz CT molecular complexity index is 504. The number of ether oxygens (including phenoxy) is 1. The first kappa shape index (κ1) is 25.0. The molecule has 1 N–H and O–H groups in total. The molecule has 1 aromatic carbocycles. The summed E-state index contributed by atoms with van der Waals surface area (Å²) < 4.78 is 5.78. The van der Waals surface area contributed by atoms with E-state index >= 15 is 0 Å². The summed E-state index contributed by atoms with van der Waals surface area (Å²) in [5.74, 6) is 0.916. The predicted molar refractivity (Wildman–Crippen MR) is 112 cm³/mol. The second-order valence-electron chi connectivity index (χ2n) is 6.30. The molecule has 1 aliphatic heterocycles. The molecule has 5 nitrogen and oxygen atoms in total. The zero-order valence-electron chi connectivity index (χ0n) is 16.1. The Morgan fingerprint density at radius 3 is 2.23 bits per heavy atom. The number of benzene rings is 1. The monoisotopic (exact) mass is 405 g/mol. The number of hydrogen-bond acceptors (Lipinski definition) is 4. The minimum Gasteiger partial charge on any atom is -0.492 e. The van der Waals surface area contributed by atoms with Crippen LogP contribution in [0.25, 0.3) is 0 Å². The molecule has 150 valence electrons. The number of rotatable bonds is 8. The van der Waals surface area contributed by atoms with Gasteiger partial charge in [0.05, 0.1) is 0 Å². The third-order valence-corrected chi connectivity index (χ3v) is 4.85. The van der Waals surface area contributed by atoms with Gasteiger partial charge in [-0.05, 0) is 63.3 Å². The van der Waals surface area contributed by atoms with Crippen molar-refractivity contribution in [1.82, 2.24) is 15.1 Å². The molecular weight excluding hydrogens is 373 g/mol. The Hall–Kier alpha value is -1.01. The van der Waals surface area contributed by atoms with Gasteiger partial charge in [-0.3, -0.25) is 4.79 Å². The fraction of sp³-hybridized carbons (Fsp3) is 0.632. The van der Waals surface area contributed by atoms with E-state index < -0.39 is 0 Å². The van der Waals surface area contributed by atoms with Gasteiger partial charge in [-0.2, -0.15) is 0 Å². The highest BCUT2D eigenvalue weighted by molar-refractivity contribution is 5.94. The van der Waals surface area contributed by atoms with Crippen LogP contribution in [0.4, 0.5) is 0 Å². The molecule has 0 atom stereocenters. The summed E-state index contributed by atoms with van der Waals surface area (Å²) in [5.41, 5.74) is 0.729. The summed E-state index contributed by atoms with van der Waals surface area (Å²) in [6.07, 6.45) is 2.05. The van der Waals surface area contributed by atoms with E-state index in [4.69, 9.17) is 4.74 Å². The summed E-state index contributed by atoms with van der Waals surface area (Å²) in [6, 6.07) is 7.86. The maximum Gasteiger partial charge on any atom is 0.253 e. The maximum atomic E-state index is 12.6. The fourth-order valence-corrected chi connectivity index (χ4v) is 3.09. The van der Waals surface area contributed by atoms with Crippen LogP contribution in [-0.4, -0.2) is 68.1 Å². The molecule has 0 aromatic heterocycles. The highest BCUT2D eigenvalue weighted by Gasteiger charge is 2.22. The van der Waals surface area contributed by atoms with Crippen LogP contribution in [0.5, 0.6) is 5.75 Å². The average Bonchev–Trinajstić information content (AvgIpc) is 2.65. The number of nitrogens with zero attached hydrogens (tertiary/aromatic N) is 2. The molecule has 2 rings (SSSR count). The minimum atomic E-state index is 0. The van der Waals surface area contributed by atoms with Crippen LogP contribution in [0.15, 0.2) is 24.3 Å². The summed E-state index contributed by atoms with van der Waals surface area (Å²) >= 11 is 0. The summed E-state index contributed by atoms with van der Waals surface area (Å²) in [7, 11) is 1.91. The first-order chi connectivity index (χ1) is 11.7. The first-order valence-corrected chi connectivity index (χ1v) is 9.08. The molecule has 1 aliphatic rings. The van der Waals surface area contributed by atoms with Crippen molar-refractivity contribution in [3.05, 3.63) is 29.8 Å². The van der Waals surface area contributed by atoms with E-state index in [1.54, 1.807) is 0 Å². The van der Waals surface area contributed by atoms with E-state index in [-0.39, 0.29) is 30.7 Å². The molecule has 0 saturated carbocycles. The van der Waals surface area contributed by atoms with Crippen molar-refractivity contribution in [2.24, 2.45) is 0 Å². The molecule has 26 heavy (non-hydrogen) atoms. The molecule has 1 amide bonds. The van der Waals surface area contributed by atoms with Gasteiger partial charge < -0.3 is 19.9 Å². The van der Waals surface area contributed by atoms with Crippen LogP contribution >= 0.6 is 24.8 Å². The third kappa shape index (κ3) is 7.31. The Morgan fingerprint density at radius 2 is 1.69 bits per heavy atom. The van der Waals surface area contributed by atoms with Gasteiger partial charge in [0.1, 0.15) is 12.4 Å². The van der Waals surface area contributed by atoms with Crippen LogP contribution in [0.1, 0.15) is 37.0 Å². The van der Waals surface area contributed by atoms with E-state index in [1.807, 2.05) is 36.2 Å². The Kier molecular flexibility index (Phi) is 12.7. The molecule has 0 bridgehead atoms. The van der Waals surface area contributed by atoms with Crippen molar-refractivity contribution in [3.63, 3.8) is 0 Å². The summed E-state index contributed by atoms with van der Waals surface area (Å²) in [6.45, 7) is 9.96. The highest BCUT2D eigenvalue weighted by Crippen LogP contribution is 2.17. The molecule has 1 aromatic rings. The Morgan fingerprint density at radius 1 is 1.12 bits per heavy atom. The second-order valence-corrected chi connectivity index (χ2v) is 6.30. The minimum absolute atomic E-state index is 0. The van der Waals surface area contributed by atoms with Crippen LogP contribution in [0.3, 0.4) is 0 Å². The van der Waals surface area contributed by atoms with Gasteiger partial charge in [0, 0.05) is 25.2 Å². The molecule has 0 radical (unpaired) electrons. The number of amides is 1. The molecule has 0 unspecified atom stereocenters. The molecule has 1 fully saturated rings. The highest BCUT2D eigenvalue weighted by atomic mass is 35.5. The predicted octanol–water partition coefficient (Wildman–Crippen LogP) is 3.07. The van der Waals surface area contributed by atoms with Crippen molar-refractivity contribution < 1.29 is 9.53 Å². The number of carbonyl (C=O) groups excluding carboxylic acids is 1. The van der Waals surface area contributed by atoms with Gasteiger partial charge in [-0.1, -0.05) is 13.8 Å². The standard InChI is InChI=1S/C19H31N3O2.2ClH/c1-4-22(5-2)14-15-24-18-8-6-16(7-9-18)19(23)21(3)17-10-12-20-13-11-17;;/h6-9,17,20H,4-5,10-15H2,1-3H3;2*1H. The van der Waals surface area contributed by atoms with Gasteiger partial charge >= 0.3 is 0 Å². The van der Waals surface area contributed by atoms with Crippen molar-refractivity contribution in [2.75, 3.05) is 46.4 Å². The van der Waals surface area contributed by atoms with Crippen molar-refractivity contribution >= 4 is 30.7 Å². The van der Waals surface area contributed by atoms with Crippen molar-refractivity contribution in [2.45, 2.75) is 32.7 Å². The molecule has 0 spiro atoms. The number of nitrogens with one attached hydrogen (secondary N) is 1.